The van der Waals surface area contributed by atoms with E-state index in [1.165, 1.54) is 0 Å². The summed E-state index contributed by atoms with van der Waals surface area (Å²) in [5.74, 6) is 1.60. The number of fused-ring (bicyclic) bond motifs is 2. The van der Waals surface area contributed by atoms with Gasteiger partial charge in [-0.05, 0) is 37.6 Å². The van der Waals surface area contributed by atoms with Gasteiger partial charge in [-0.15, -0.1) is 0 Å². The lowest BCUT2D eigenvalue weighted by Crippen LogP contribution is -2.37. The van der Waals surface area contributed by atoms with E-state index in [1.807, 2.05) is 47.1 Å². The molecule has 7 heteroatoms. The second-order valence-electron chi connectivity index (χ2n) is 7.69. The number of methoxy groups -OCH3 is 1. The molecule has 1 aromatic carbocycles. The number of pyridine rings is 2. The molecule has 4 heterocycles. The molecule has 0 radical (unpaired) electrons. The molecule has 160 valence electrons. The van der Waals surface area contributed by atoms with E-state index in [4.69, 9.17) is 19.2 Å². The average Bonchev–Trinajstić information content (AvgIpc) is 3.23. The number of hydrogen-bond donors (Lipinski definition) is 1. The number of imidazole rings is 1. The van der Waals surface area contributed by atoms with Crippen LogP contribution in [0, 0.1) is 0 Å². The van der Waals surface area contributed by atoms with Crippen LogP contribution in [0.3, 0.4) is 0 Å². The monoisotopic (exact) mass is 418 g/mol. The van der Waals surface area contributed by atoms with Crippen LogP contribution in [0.1, 0.15) is 12.8 Å². The van der Waals surface area contributed by atoms with E-state index in [-0.39, 0.29) is 6.10 Å². The summed E-state index contributed by atoms with van der Waals surface area (Å²) in [5, 5.41) is 4.47. The minimum atomic E-state index is 0.178. The van der Waals surface area contributed by atoms with Crippen LogP contribution in [0.25, 0.3) is 27.9 Å². The van der Waals surface area contributed by atoms with Crippen molar-refractivity contribution in [2.24, 2.45) is 0 Å². The fraction of sp³-hybridized carbons (Fsp3) is 0.333. The number of benzene rings is 1. The molecule has 4 aromatic rings. The van der Waals surface area contributed by atoms with Crippen LogP contribution in [0.5, 0.6) is 11.5 Å². The lowest BCUT2D eigenvalue weighted by molar-refractivity contribution is 0.146. The molecular weight excluding hydrogens is 392 g/mol. The van der Waals surface area contributed by atoms with Crippen molar-refractivity contribution in [2.45, 2.75) is 18.9 Å². The Morgan fingerprint density at radius 2 is 2.13 bits per heavy atom. The van der Waals surface area contributed by atoms with Gasteiger partial charge >= 0.3 is 0 Å². The van der Waals surface area contributed by atoms with Gasteiger partial charge in [-0.25, -0.2) is 9.97 Å². The van der Waals surface area contributed by atoms with Crippen molar-refractivity contribution in [1.29, 1.82) is 0 Å². The zero-order chi connectivity index (χ0) is 21.0. The molecule has 7 nitrogen and oxygen atoms in total. The summed E-state index contributed by atoms with van der Waals surface area (Å²) in [6.45, 7) is 2.99. The van der Waals surface area contributed by atoms with Crippen molar-refractivity contribution in [3.8, 4) is 22.9 Å². The third kappa shape index (κ3) is 4.19. The highest BCUT2D eigenvalue weighted by Crippen LogP contribution is 2.29. The van der Waals surface area contributed by atoms with Gasteiger partial charge in [0, 0.05) is 31.3 Å². The molecule has 1 aliphatic heterocycles. The summed E-state index contributed by atoms with van der Waals surface area (Å²) in [5.41, 5.74) is 3.46. The van der Waals surface area contributed by atoms with Gasteiger partial charge in [-0.3, -0.25) is 4.40 Å². The number of ether oxygens (including phenoxy) is 3. The van der Waals surface area contributed by atoms with Crippen molar-refractivity contribution >= 4 is 16.6 Å². The Kier molecular flexibility index (Phi) is 5.69. The van der Waals surface area contributed by atoms with Gasteiger partial charge in [0.05, 0.1) is 24.2 Å². The highest BCUT2D eigenvalue weighted by molar-refractivity contribution is 5.86. The van der Waals surface area contributed by atoms with E-state index < -0.39 is 0 Å². The number of para-hydroxylation sites is 1. The average molecular weight is 418 g/mol. The fourth-order valence-corrected chi connectivity index (χ4v) is 3.94. The third-order valence-corrected chi connectivity index (χ3v) is 5.53. The summed E-state index contributed by atoms with van der Waals surface area (Å²) in [7, 11) is 1.66. The van der Waals surface area contributed by atoms with Gasteiger partial charge in [0.1, 0.15) is 35.4 Å². The first-order chi connectivity index (χ1) is 15.3. The molecule has 0 bridgehead atoms. The lowest BCUT2D eigenvalue weighted by Gasteiger charge is -2.24. The molecule has 5 rings (SSSR count). The van der Waals surface area contributed by atoms with E-state index in [2.05, 4.69) is 22.4 Å². The molecule has 0 unspecified atom stereocenters. The van der Waals surface area contributed by atoms with Crippen LogP contribution in [-0.2, 0) is 4.74 Å². The predicted molar refractivity (Wildman–Crippen MR) is 120 cm³/mol. The first-order valence-corrected chi connectivity index (χ1v) is 10.7. The van der Waals surface area contributed by atoms with Crippen LogP contribution in [0.4, 0.5) is 0 Å². The summed E-state index contributed by atoms with van der Waals surface area (Å²) in [6.07, 6.45) is 6.17. The summed E-state index contributed by atoms with van der Waals surface area (Å²) >= 11 is 0. The quantitative estimate of drug-likeness (QED) is 0.462. The van der Waals surface area contributed by atoms with E-state index in [0.29, 0.717) is 13.2 Å². The maximum Gasteiger partial charge on any atom is 0.146 e. The Balaban J connectivity index is 1.47. The minimum Gasteiger partial charge on any atom is -0.491 e. The number of hydrogen-bond acceptors (Lipinski definition) is 6. The van der Waals surface area contributed by atoms with Crippen LogP contribution in [0.2, 0.25) is 0 Å². The molecule has 0 aliphatic carbocycles. The van der Waals surface area contributed by atoms with Gasteiger partial charge in [0.25, 0.3) is 0 Å². The molecule has 1 atom stereocenters. The summed E-state index contributed by atoms with van der Waals surface area (Å²) in [6, 6.07) is 14.1. The van der Waals surface area contributed by atoms with E-state index in [1.54, 1.807) is 7.11 Å². The van der Waals surface area contributed by atoms with Crippen molar-refractivity contribution in [3.05, 3.63) is 54.9 Å². The van der Waals surface area contributed by atoms with Crippen LogP contribution in [-0.4, -0.2) is 53.9 Å². The van der Waals surface area contributed by atoms with E-state index in [0.717, 1.165) is 65.4 Å². The number of rotatable bonds is 7. The highest BCUT2D eigenvalue weighted by Gasteiger charge is 2.17. The maximum absolute atomic E-state index is 6.32. The summed E-state index contributed by atoms with van der Waals surface area (Å²) < 4.78 is 19.1. The fourth-order valence-electron chi connectivity index (χ4n) is 3.94. The molecule has 3 aromatic heterocycles. The Labute approximate surface area is 181 Å². The van der Waals surface area contributed by atoms with Gasteiger partial charge in [-0.2, -0.15) is 0 Å². The molecule has 0 saturated carbocycles. The Morgan fingerprint density at radius 3 is 3.00 bits per heavy atom. The SMILES string of the molecule is COCCOc1ccn2c(-c3ccc4cccc(O[C@@H]5CCCNC5)c4n3)cnc2c1. The Hall–Kier alpha value is -3.16. The first kappa shape index (κ1) is 19.8. The van der Waals surface area contributed by atoms with Gasteiger partial charge < -0.3 is 19.5 Å². The first-order valence-electron chi connectivity index (χ1n) is 10.7. The smallest absolute Gasteiger partial charge is 0.146 e. The third-order valence-electron chi connectivity index (χ3n) is 5.53. The molecular formula is C24H26N4O3. The molecule has 1 N–H and O–H groups in total. The second-order valence-corrected chi connectivity index (χ2v) is 7.69. The topological polar surface area (TPSA) is 69.9 Å². The molecule has 1 saturated heterocycles. The Morgan fingerprint density at radius 1 is 1.16 bits per heavy atom. The van der Waals surface area contributed by atoms with E-state index in [9.17, 15) is 0 Å². The zero-order valence-corrected chi connectivity index (χ0v) is 17.6. The van der Waals surface area contributed by atoms with Crippen LogP contribution >= 0.6 is 0 Å². The molecule has 0 amide bonds. The van der Waals surface area contributed by atoms with Crippen LogP contribution in [0.15, 0.2) is 54.9 Å². The van der Waals surface area contributed by atoms with Crippen molar-refractivity contribution in [1.82, 2.24) is 19.7 Å². The normalized spacial score (nSPS) is 16.6. The lowest BCUT2D eigenvalue weighted by atomic mass is 10.1. The van der Waals surface area contributed by atoms with Gasteiger partial charge in [0.15, 0.2) is 0 Å². The van der Waals surface area contributed by atoms with Crippen molar-refractivity contribution < 1.29 is 14.2 Å². The van der Waals surface area contributed by atoms with Gasteiger partial charge in [0.2, 0.25) is 0 Å². The maximum atomic E-state index is 6.32. The van der Waals surface area contributed by atoms with Gasteiger partial charge in [-0.1, -0.05) is 18.2 Å². The summed E-state index contributed by atoms with van der Waals surface area (Å²) in [4.78, 5) is 9.51. The molecule has 1 fully saturated rings. The minimum absolute atomic E-state index is 0.178. The molecule has 1 aliphatic rings. The number of nitrogens with one attached hydrogen (secondary N) is 1. The van der Waals surface area contributed by atoms with Crippen molar-refractivity contribution in [2.75, 3.05) is 33.4 Å². The largest absolute Gasteiger partial charge is 0.491 e. The predicted octanol–water partition coefficient (Wildman–Crippen LogP) is 3.71. The number of nitrogens with zero attached hydrogens (tertiary/aromatic N) is 3. The number of aromatic nitrogens is 3. The highest BCUT2D eigenvalue weighted by atomic mass is 16.5. The second kappa shape index (κ2) is 8.91. The molecule has 31 heavy (non-hydrogen) atoms. The molecule has 0 spiro atoms. The zero-order valence-electron chi connectivity index (χ0n) is 17.6. The number of piperidine rings is 1. The standard InChI is InChI=1S/C24H26N4O3/c1-29-12-13-30-18-9-11-28-21(16-26-23(28)14-18)20-8-7-17-4-2-6-22(24(17)27-20)31-19-5-3-10-25-15-19/h2,4,6-9,11,14,16,19,25H,3,5,10,12-13,15H2,1H3/t19-/m1/s1. The van der Waals surface area contributed by atoms with Crippen LogP contribution < -0.4 is 14.8 Å². The Bertz CT molecular complexity index is 1180. The van der Waals surface area contributed by atoms with Crippen molar-refractivity contribution in [3.63, 3.8) is 0 Å². The van der Waals surface area contributed by atoms with E-state index >= 15 is 0 Å².